The average molecular weight is 1520 g/mol. The maximum absolute atomic E-state index is 14.9. The molecule has 33 heteroatoms. The van der Waals surface area contributed by atoms with Gasteiger partial charge in [-0.2, -0.15) is 0 Å². The Kier molecular flexibility index (Phi) is 46.3. The zero-order valence-corrected chi connectivity index (χ0v) is 63.2. The first-order valence-corrected chi connectivity index (χ1v) is 38.4. The van der Waals surface area contributed by atoms with Crippen LogP contribution in [0.15, 0.2) is 65.8 Å². The molecule has 1 saturated heterocycles. The highest BCUT2D eigenvalue weighted by Crippen LogP contribution is 2.21. The number of H-pyrrole nitrogens is 1. The molecule has 7 atom stereocenters. The van der Waals surface area contributed by atoms with Crippen molar-refractivity contribution in [1.29, 1.82) is 0 Å². The maximum Gasteiger partial charge on any atom is 0.312 e. The van der Waals surface area contributed by atoms with Gasteiger partial charge < -0.3 is 105 Å². The molecule has 33 nitrogen and oxygen atoms in total. The lowest BCUT2D eigenvalue weighted by Crippen LogP contribution is -2.60. The van der Waals surface area contributed by atoms with Gasteiger partial charge in [-0.1, -0.05) is 139 Å². The van der Waals surface area contributed by atoms with Gasteiger partial charge in [0.25, 0.3) is 0 Å². The van der Waals surface area contributed by atoms with E-state index in [1.165, 1.54) is 51.4 Å². The topological polar surface area (TPSA) is 506 Å². The first-order chi connectivity index (χ1) is 52.2. The minimum absolute atomic E-state index is 0.0104. The molecular weight excluding hydrogens is 1390 g/mol. The number of nitrogens with zero attached hydrogens (tertiary/aromatic N) is 1. The van der Waals surface area contributed by atoms with Crippen molar-refractivity contribution >= 4 is 87.9 Å². The molecule has 0 spiro atoms. The van der Waals surface area contributed by atoms with E-state index in [0.717, 1.165) is 30.2 Å². The number of amides is 13. The van der Waals surface area contributed by atoms with Crippen molar-refractivity contribution in [1.82, 2.24) is 63.5 Å². The Morgan fingerprint density at radius 2 is 1.09 bits per heavy atom. The number of unbranched alkanes of at least 4 members (excludes halogenated alkanes) is 11. The van der Waals surface area contributed by atoms with E-state index < -0.39 is 108 Å². The number of nitrogens with one attached hydrogen (secondary N) is 12. The molecule has 1 aromatic heterocycles. The number of para-hydroxylation sites is 1. The molecule has 2 aromatic carbocycles. The van der Waals surface area contributed by atoms with E-state index in [2.05, 4.69) is 75.4 Å². The molecule has 602 valence electrons. The second kappa shape index (κ2) is 55.0. The summed E-state index contributed by atoms with van der Waals surface area (Å²) in [6, 6.07) is 5.26. The number of urea groups is 1. The van der Waals surface area contributed by atoms with E-state index in [1.54, 1.807) is 42.6 Å². The van der Waals surface area contributed by atoms with Gasteiger partial charge in [0.15, 0.2) is 5.96 Å². The summed E-state index contributed by atoms with van der Waals surface area (Å²) in [6.07, 6.45) is 16.3. The van der Waals surface area contributed by atoms with Crippen LogP contribution in [0.1, 0.15) is 179 Å². The molecule has 0 bridgehead atoms. The fraction of sp³-hybridized carbons (Fsp3) is 0.640. The number of hydrogen-bond donors (Lipinski definition) is 16. The van der Waals surface area contributed by atoms with Crippen molar-refractivity contribution in [3.63, 3.8) is 0 Å². The van der Waals surface area contributed by atoms with Crippen LogP contribution in [0.4, 0.5) is 4.79 Å². The van der Waals surface area contributed by atoms with Crippen molar-refractivity contribution in [2.45, 2.75) is 223 Å². The normalized spacial score (nSPS) is 18.3. The predicted octanol–water partition coefficient (Wildman–Crippen LogP) is 1.60. The zero-order chi connectivity index (χ0) is 78.5. The SMILES string of the molecule is CCCCCCCCCCCCCC(=O)NCCOCCOCC(=O)NCCOCCOCC(=O)N[C@@H](CCCC)C(=O)N[C@H]1CCC(=O)NCCCC[C@@H](C(N)=O)NC(=O)[C@H](Cc2c[nH]c3ccccc23)NC(=O)[C@H](CCCN=C(N)N)NC(=O)[C@@H](Cc2ccccc2)NC(=O)[C@H](CCCNC(N)=O)NC1=O. The second-order valence-electron chi connectivity index (χ2n) is 26.9. The number of hydrogen-bond acceptors (Lipinski definition) is 17. The fourth-order valence-corrected chi connectivity index (χ4v) is 11.9. The quantitative estimate of drug-likeness (QED) is 0.0217. The number of aromatic amines is 1. The predicted molar refractivity (Wildman–Crippen MR) is 408 cm³/mol. The smallest absolute Gasteiger partial charge is 0.312 e. The Bertz CT molecular complexity index is 3250. The highest BCUT2D eigenvalue weighted by molar-refractivity contribution is 5.98. The van der Waals surface area contributed by atoms with Crippen LogP contribution in [0.25, 0.3) is 10.9 Å². The van der Waals surface area contributed by atoms with Gasteiger partial charge in [0.05, 0.1) is 39.6 Å². The molecule has 0 aliphatic carbocycles. The van der Waals surface area contributed by atoms with E-state index in [-0.39, 0.29) is 161 Å². The standard InChI is InChI=1S/C75H121N17O16/c1-3-5-7-8-9-10-11-12-13-14-18-33-63(93)81-39-41-105-43-45-107-50-65(95)82-40-42-106-44-46-108-51-66(96)86-57(28-6-4-2)68(98)90-60-34-35-64(94)80-36-22-21-30-56(67(76)97)87-73(103)62(48-53-49-85-55-29-20-19-27-54(53)55)92-70(100)59(31-23-37-83-74(77)78)89-72(102)61(47-52-25-16-15-17-26-52)91-69(99)58(88-71(60)101)32-24-38-84-75(79)104/h15-17,19-20,25-27,29,49,56-62,85H,3-14,18,21-24,28,30-48,50-51H2,1-2H3,(H2,76,97)(H,80,94)(H,81,93)(H,82,95)(H,86,96)(H,87,103)(H,88,101)(H,89,102)(H,90,98)(H,91,99)(H,92,100)(H4,77,78,83)(H3,79,84,104)/t56-,57-,58-,59-,60-,61+,62-/m0/s1. The monoisotopic (exact) mass is 1520 g/mol. The summed E-state index contributed by atoms with van der Waals surface area (Å²) in [4.78, 5) is 172. The average Bonchev–Trinajstić information content (AvgIpc) is 1.69. The Morgan fingerprint density at radius 3 is 1.73 bits per heavy atom. The Hall–Kier alpha value is -9.47. The van der Waals surface area contributed by atoms with E-state index in [4.69, 9.17) is 41.9 Å². The molecule has 0 radical (unpaired) electrons. The summed E-state index contributed by atoms with van der Waals surface area (Å²) in [5.74, 6) is -7.80. The third kappa shape index (κ3) is 39.9. The van der Waals surface area contributed by atoms with Gasteiger partial charge in [0, 0.05) is 75.5 Å². The first kappa shape index (κ1) is 90.9. The number of guanidine groups is 1. The molecular formula is C75H121N17O16. The number of nitrogens with two attached hydrogens (primary N) is 4. The van der Waals surface area contributed by atoms with Crippen LogP contribution >= 0.6 is 0 Å². The second-order valence-corrected chi connectivity index (χ2v) is 26.9. The number of primary amides is 2. The van der Waals surface area contributed by atoms with E-state index >= 15 is 0 Å². The van der Waals surface area contributed by atoms with E-state index in [9.17, 15) is 57.5 Å². The molecule has 20 N–H and O–H groups in total. The maximum atomic E-state index is 14.9. The van der Waals surface area contributed by atoms with Crippen LogP contribution in [-0.2, 0) is 84.5 Å². The minimum atomic E-state index is -1.54. The summed E-state index contributed by atoms with van der Waals surface area (Å²) < 4.78 is 22.0. The number of rotatable bonds is 47. The number of carbonyl (C=O) groups excluding carboxylic acids is 12. The molecule has 1 aliphatic rings. The molecule has 108 heavy (non-hydrogen) atoms. The van der Waals surface area contributed by atoms with Crippen molar-refractivity contribution < 1.29 is 76.5 Å². The van der Waals surface area contributed by atoms with E-state index in [0.29, 0.717) is 43.5 Å². The first-order valence-electron chi connectivity index (χ1n) is 38.4. The zero-order valence-electron chi connectivity index (χ0n) is 63.2. The largest absolute Gasteiger partial charge is 0.377 e. The lowest BCUT2D eigenvalue weighted by molar-refractivity contribution is -0.136. The van der Waals surface area contributed by atoms with Crippen molar-refractivity contribution in [2.24, 2.45) is 27.9 Å². The summed E-state index contributed by atoms with van der Waals surface area (Å²) >= 11 is 0. The molecule has 3 aromatic rings. The van der Waals surface area contributed by atoms with Crippen molar-refractivity contribution in [2.75, 3.05) is 85.6 Å². The van der Waals surface area contributed by atoms with Crippen molar-refractivity contribution in [3.8, 4) is 0 Å². The summed E-state index contributed by atoms with van der Waals surface area (Å²) in [5, 5.41) is 30.5. The number of aromatic nitrogens is 1. The number of carbonyl (C=O) groups is 12. The van der Waals surface area contributed by atoms with Crippen LogP contribution < -0.4 is 81.4 Å². The number of ether oxygens (including phenoxy) is 4. The molecule has 13 amide bonds. The van der Waals surface area contributed by atoms with Gasteiger partial charge in [-0.15, -0.1) is 0 Å². The molecule has 0 unspecified atom stereocenters. The van der Waals surface area contributed by atoms with E-state index in [1.807, 2.05) is 25.1 Å². The summed E-state index contributed by atoms with van der Waals surface area (Å²) in [6.45, 7) is 4.90. The third-order valence-electron chi connectivity index (χ3n) is 17.9. The third-order valence-corrected chi connectivity index (χ3v) is 17.9. The van der Waals surface area contributed by atoms with Crippen molar-refractivity contribution in [3.05, 3.63) is 71.9 Å². The Morgan fingerprint density at radius 1 is 0.537 bits per heavy atom. The molecule has 0 saturated carbocycles. The Balaban J connectivity index is 1.41. The fourth-order valence-electron chi connectivity index (χ4n) is 11.9. The van der Waals surface area contributed by atoms with Crippen LogP contribution in [0.5, 0.6) is 0 Å². The van der Waals surface area contributed by atoms with Crippen LogP contribution in [0.2, 0.25) is 0 Å². The van der Waals surface area contributed by atoms with Crippen LogP contribution in [0, 0.1) is 0 Å². The summed E-state index contributed by atoms with van der Waals surface area (Å²) in [7, 11) is 0. The van der Waals surface area contributed by atoms with Gasteiger partial charge in [-0.25, -0.2) is 4.79 Å². The van der Waals surface area contributed by atoms with Gasteiger partial charge in [0.2, 0.25) is 65.0 Å². The van der Waals surface area contributed by atoms with Crippen LogP contribution in [-0.4, -0.2) is 210 Å². The molecule has 2 heterocycles. The highest BCUT2D eigenvalue weighted by Gasteiger charge is 2.35. The molecule has 4 rings (SSSR count). The molecule has 1 fully saturated rings. The van der Waals surface area contributed by atoms with Gasteiger partial charge in [0.1, 0.15) is 55.5 Å². The lowest BCUT2D eigenvalue weighted by Gasteiger charge is -2.28. The number of aliphatic imine (C=N–C) groups is 1. The van der Waals surface area contributed by atoms with Crippen LogP contribution in [0.3, 0.4) is 0 Å². The lowest BCUT2D eigenvalue weighted by atomic mass is 10.0. The van der Waals surface area contributed by atoms with Gasteiger partial charge in [-0.05, 0) is 81.4 Å². The number of benzene rings is 2. The Labute approximate surface area is 633 Å². The minimum Gasteiger partial charge on any atom is -0.377 e. The molecule has 1 aliphatic heterocycles. The van der Waals surface area contributed by atoms with Gasteiger partial charge >= 0.3 is 6.03 Å². The highest BCUT2D eigenvalue weighted by atomic mass is 16.5. The summed E-state index contributed by atoms with van der Waals surface area (Å²) in [5.41, 5.74) is 24.4. The van der Waals surface area contributed by atoms with Gasteiger partial charge in [-0.3, -0.25) is 57.7 Å². The number of fused-ring (bicyclic) bond motifs is 1.